The third kappa shape index (κ3) is 3.66. The third-order valence-electron chi connectivity index (χ3n) is 2.85. The molecule has 0 spiro atoms. The summed E-state index contributed by atoms with van der Waals surface area (Å²) in [4.78, 5) is 35.1. The number of hydrogen-bond acceptors (Lipinski definition) is 5. The van der Waals surface area contributed by atoms with Crippen LogP contribution in [0.5, 0.6) is 0 Å². The SMILES string of the molecule is Cn1c(NC(=O)CSCc2ccco2)cc(=O)n(C)c1=O. The first-order valence-electron chi connectivity index (χ1n) is 6.16. The van der Waals surface area contributed by atoms with Gasteiger partial charge in [-0.3, -0.25) is 18.7 Å². The van der Waals surface area contributed by atoms with Crippen molar-refractivity contribution in [3.8, 4) is 0 Å². The monoisotopic (exact) mass is 309 g/mol. The summed E-state index contributed by atoms with van der Waals surface area (Å²) < 4.78 is 7.35. The Balaban J connectivity index is 1.97. The molecular formula is C13H15N3O4S. The zero-order chi connectivity index (χ0) is 15.4. The van der Waals surface area contributed by atoms with E-state index in [0.717, 1.165) is 10.3 Å². The molecule has 8 heteroatoms. The van der Waals surface area contributed by atoms with Gasteiger partial charge in [0.2, 0.25) is 5.91 Å². The Labute approximate surface area is 124 Å². The predicted octanol–water partition coefficient (Wildman–Crippen LogP) is 0.549. The fourth-order valence-electron chi connectivity index (χ4n) is 1.67. The topological polar surface area (TPSA) is 86.2 Å². The van der Waals surface area contributed by atoms with Crippen LogP contribution in [0.25, 0.3) is 0 Å². The molecule has 2 aromatic heterocycles. The maximum absolute atomic E-state index is 11.8. The van der Waals surface area contributed by atoms with Gasteiger partial charge in [-0.2, -0.15) is 0 Å². The lowest BCUT2D eigenvalue weighted by atomic mass is 10.5. The number of nitrogens with one attached hydrogen (secondary N) is 1. The molecule has 0 aliphatic heterocycles. The summed E-state index contributed by atoms with van der Waals surface area (Å²) >= 11 is 1.38. The number of amides is 1. The summed E-state index contributed by atoms with van der Waals surface area (Å²) in [5.41, 5.74) is -0.947. The van der Waals surface area contributed by atoms with Gasteiger partial charge in [0.25, 0.3) is 5.56 Å². The predicted molar refractivity (Wildman–Crippen MR) is 80.4 cm³/mol. The lowest BCUT2D eigenvalue weighted by molar-refractivity contribution is -0.113. The van der Waals surface area contributed by atoms with Crippen molar-refractivity contribution in [1.29, 1.82) is 0 Å². The number of carbonyl (C=O) groups excluding carboxylic acids is 1. The molecule has 0 aliphatic carbocycles. The molecule has 1 N–H and O–H groups in total. The van der Waals surface area contributed by atoms with E-state index in [-0.39, 0.29) is 17.5 Å². The minimum absolute atomic E-state index is 0.187. The fraction of sp³-hybridized carbons (Fsp3) is 0.308. The second-order valence-corrected chi connectivity index (χ2v) is 5.37. The van der Waals surface area contributed by atoms with Gasteiger partial charge >= 0.3 is 5.69 Å². The van der Waals surface area contributed by atoms with Gasteiger partial charge in [0.05, 0.1) is 17.8 Å². The van der Waals surface area contributed by atoms with Gasteiger partial charge < -0.3 is 9.73 Å². The van der Waals surface area contributed by atoms with Gasteiger partial charge in [0, 0.05) is 20.2 Å². The van der Waals surface area contributed by atoms with Gasteiger partial charge in [-0.15, -0.1) is 11.8 Å². The molecule has 0 atom stereocenters. The highest BCUT2D eigenvalue weighted by Crippen LogP contribution is 2.12. The molecule has 0 unspecified atom stereocenters. The third-order valence-corrected chi connectivity index (χ3v) is 3.81. The number of nitrogens with zero attached hydrogens (tertiary/aromatic N) is 2. The van der Waals surface area contributed by atoms with Crippen molar-refractivity contribution in [2.75, 3.05) is 11.1 Å². The summed E-state index contributed by atoms with van der Waals surface area (Å²) in [6.45, 7) is 0. The van der Waals surface area contributed by atoms with E-state index < -0.39 is 11.2 Å². The highest BCUT2D eigenvalue weighted by atomic mass is 32.2. The minimum atomic E-state index is -0.485. The van der Waals surface area contributed by atoms with Crippen molar-refractivity contribution < 1.29 is 9.21 Å². The highest BCUT2D eigenvalue weighted by Gasteiger charge is 2.09. The van der Waals surface area contributed by atoms with Crippen LogP contribution in [0.3, 0.4) is 0 Å². The Morgan fingerprint density at radius 3 is 2.76 bits per heavy atom. The Morgan fingerprint density at radius 1 is 1.33 bits per heavy atom. The number of hydrogen-bond donors (Lipinski definition) is 1. The van der Waals surface area contributed by atoms with Crippen LogP contribution in [0.1, 0.15) is 5.76 Å². The first-order chi connectivity index (χ1) is 9.99. The van der Waals surface area contributed by atoms with Crippen LogP contribution in [0.2, 0.25) is 0 Å². The maximum atomic E-state index is 11.8. The molecule has 0 saturated heterocycles. The van der Waals surface area contributed by atoms with Crippen molar-refractivity contribution in [3.05, 3.63) is 51.1 Å². The Morgan fingerprint density at radius 2 is 2.10 bits per heavy atom. The average molecular weight is 309 g/mol. The first-order valence-corrected chi connectivity index (χ1v) is 7.31. The summed E-state index contributed by atoms with van der Waals surface area (Å²) in [5, 5.41) is 2.56. The van der Waals surface area contributed by atoms with Gasteiger partial charge in [-0.1, -0.05) is 0 Å². The Kier molecular flexibility index (Phi) is 4.69. The van der Waals surface area contributed by atoms with E-state index in [1.165, 1.54) is 36.5 Å². The minimum Gasteiger partial charge on any atom is -0.468 e. The average Bonchev–Trinajstić information content (AvgIpc) is 2.95. The Hall–Kier alpha value is -2.22. The molecule has 0 bridgehead atoms. The lowest BCUT2D eigenvalue weighted by Gasteiger charge is -2.10. The van der Waals surface area contributed by atoms with Crippen molar-refractivity contribution >= 4 is 23.5 Å². The van der Waals surface area contributed by atoms with E-state index >= 15 is 0 Å². The van der Waals surface area contributed by atoms with Gasteiger partial charge in [0.1, 0.15) is 11.6 Å². The summed E-state index contributed by atoms with van der Waals surface area (Å²) in [6.07, 6.45) is 1.57. The number of thioether (sulfide) groups is 1. The van der Waals surface area contributed by atoms with E-state index in [9.17, 15) is 14.4 Å². The molecule has 0 aromatic carbocycles. The van der Waals surface area contributed by atoms with Crippen molar-refractivity contribution in [2.45, 2.75) is 5.75 Å². The van der Waals surface area contributed by atoms with Crippen LogP contribution in [0, 0.1) is 0 Å². The molecule has 0 aliphatic rings. The summed E-state index contributed by atoms with van der Waals surface area (Å²) in [5.74, 6) is 1.47. The molecule has 0 fully saturated rings. The van der Waals surface area contributed by atoms with Crippen LogP contribution in [0.15, 0.2) is 38.5 Å². The van der Waals surface area contributed by atoms with E-state index in [0.29, 0.717) is 5.75 Å². The lowest BCUT2D eigenvalue weighted by Crippen LogP contribution is -2.38. The normalized spacial score (nSPS) is 10.6. The second kappa shape index (κ2) is 6.49. The van der Waals surface area contributed by atoms with E-state index in [2.05, 4.69) is 5.32 Å². The second-order valence-electron chi connectivity index (χ2n) is 4.39. The van der Waals surface area contributed by atoms with Crippen molar-refractivity contribution in [3.63, 3.8) is 0 Å². The maximum Gasteiger partial charge on any atom is 0.332 e. The van der Waals surface area contributed by atoms with Crippen molar-refractivity contribution in [2.24, 2.45) is 14.1 Å². The number of rotatable bonds is 5. The van der Waals surface area contributed by atoms with E-state index in [4.69, 9.17) is 4.42 Å². The van der Waals surface area contributed by atoms with Crippen molar-refractivity contribution in [1.82, 2.24) is 9.13 Å². The van der Waals surface area contributed by atoms with Crippen LogP contribution in [-0.2, 0) is 24.6 Å². The molecule has 2 heterocycles. The molecule has 2 rings (SSSR count). The van der Waals surface area contributed by atoms with Crippen LogP contribution >= 0.6 is 11.8 Å². The standard InChI is InChI=1S/C13H15N3O4S/c1-15-10(6-12(18)16(2)13(15)19)14-11(17)8-21-7-9-4-3-5-20-9/h3-6H,7-8H2,1-2H3,(H,14,17). The zero-order valence-corrected chi connectivity index (χ0v) is 12.5. The molecule has 7 nitrogen and oxygen atoms in total. The summed E-state index contributed by atoms with van der Waals surface area (Å²) in [6, 6.07) is 4.83. The molecular weight excluding hydrogens is 294 g/mol. The first kappa shape index (κ1) is 15.2. The van der Waals surface area contributed by atoms with Crippen LogP contribution in [0.4, 0.5) is 5.82 Å². The molecule has 0 saturated carbocycles. The van der Waals surface area contributed by atoms with E-state index in [1.807, 2.05) is 6.07 Å². The molecule has 112 valence electrons. The van der Waals surface area contributed by atoms with Crippen LogP contribution < -0.4 is 16.6 Å². The van der Waals surface area contributed by atoms with Gasteiger partial charge in [-0.25, -0.2) is 4.79 Å². The highest BCUT2D eigenvalue weighted by molar-refractivity contribution is 7.99. The van der Waals surface area contributed by atoms with Gasteiger partial charge in [-0.05, 0) is 12.1 Å². The molecule has 21 heavy (non-hydrogen) atoms. The van der Waals surface area contributed by atoms with E-state index in [1.54, 1.807) is 12.3 Å². The molecule has 1 amide bonds. The quantitative estimate of drug-likeness (QED) is 0.871. The number of furan rings is 1. The smallest absolute Gasteiger partial charge is 0.332 e. The number of carbonyl (C=O) groups is 1. The Bertz CT molecular complexity index is 746. The molecule has 2 aromatic rings. The fourth-order valence-corrected chi connectivity index (χ4v) is 2.40. The zero-order valence-electron chi connectivity index (χ0n) is 11.7. The molecule has 0 radical (unpaired) electrons. The summed E-state index contributed by atoms with van der Waals surface area (Å²) in [7, 11) is 2.88. The largest absolute Gasteiger partial charge is 0.468 e. The number of anilines is 1. The number of aromatic nitrogens is 2. The van der Waals surface area contributed by atoms with Gasteiger partial charge in [0.15, 0.2) is 0 Å². The van der Waals surface area contributed by atoms with Crippen LogP contribution in [-0.4, -0.2) is 20.8 Å².